The highest BCUT2D eigenvalue weighted by atomic mass is 32.2. The van der Waals surface area contributed by atoms with Gasteiger partial charge in [-0.15, -0.1) is 11.8 Å². The van der Waals surface area contributed by atoms with Crippen LogP contribution in [-0.4, -0.2) is 33.6 Å². The van der Waals surface area contributed by atoms with E-state index in [0.717, 1.165) is 29.5 Å². The quantitative estimate of drug-likeness (QED) is 0.850. The van der Waals surface area contributed by atoms with E-state index in [0.29, 0.717) is 5.92 Å². The monoisotopic (exact) mass is 267 g/mol. The molecule has 18 heavy (non-hydrogen) atoms. The minimum absolute atomic E-state index is 0.636. The molecule has 3 nitrogen and oxygen atoms in total. The Morgan fingerprint density at radius 1 is 1.17 bits per heavy atom. The van der Waals surface area contributed by atoms with Crippen molar-refractivity contribution < 1.29 is 9.47 Å². The van der Waals surface area contributed by atoms with Crippen LogP contribution in [0.4, 0.5) is 0 Å². The number of hydrogen-bond donors (Lipinski definition) is 1. The second kappa shape index (κ2) is 6.34. The van der Waals surface area contributed by atoms with Crippen LogP contribution in [0.25, 0.3) is 0 Å². The molecule has 0 unspecified atom stereocenters. The number of nitrogens with one attached hydrogen (secondary N) is 1. The van der Waals surface area contributed by atoms with Gasteiger partial charge < -0.3 is 14.8 Å². The first kappa shape index (κ1) is 13.6. The highest BCUT2D eigenvalue weighted by molar-refractivity contribution is 7.98. The van der Waals surface area contributed by atoms with E-state index in [2.05, 4.69) is 23.7 Å². The predicted molar refractivity (Wildman–Crippen MR) is 76.2 cm³/mol. The van der Waals surface area contributed by atoms with Crippen molar-refractivity contribution in [2.24, 2.45) is 0 Å². The van der Waals surface area contributed by atoms with Crippen LogP contribution in [0, 0.1) is 0 Å². The Morgan fingerprint density at radius 2 is 1.89 bits per heavy atom. The van der Waals surface area contributed by atoms with Crippen LogP contribution in [0.5, 0.6) is 11.5 Å². The molecule has 1 heterocycles. The van der Waals surface area contributed by atoms with E-state index >= 15 is 0 Å². The zero-order valence-corrected chi connectivity index (χ0v) is 12.1. The van der Waals surface area contributed by atoms with Crippen molar-refractivity contribution >= 4 is 11.8 Å². The molecule has 4 heteroatoms. The Morgan fingerprint density at radius 3 is 2.44 bits per heavy atom. The van der Waals surface area contributed by atoms with Crippen LogP contribution in [0.15, 0.2) is 17.0 Å². The summed E-state index contributed by atoms with van der Waals surface area (Å²) in [6, 6.07) is 4.39. The van der Waals surface area contributed by atoms with E-state index in [1.807, 2.05) is 0 Å². The predicted octanol–water partition coefficient (Wildman–Crippen LogP) is 2.89. The van der Waals surface area contributed by atoms with Gasteiger partial charge in [-0.05, 0) is 55.8 Å². The molecule has 1 aromatic rings. The molecule has 1 aromatic carbocycles. The molecular formula is C14H21NO2S. The van der Waals surface area contributed by atoms with Gasteiger partial charge in [-0.25, -0.2) is 0 Å². The number of ether oxygens (including phenoxy) is 2. The van der Waals surface area contributed by atoms with E-state index in [1.54, 1.807) is 26.0 Å². The van der Waals surface area contributed by atoms with E-state index in [-0.39, 0.29) is 0 Å². The first-order valence-corrected chi connectivity index (χ1v) is 7.53. The van der Waals surface area contributed by atoms with Crippen LogP contribution in [-0.2, 0) is 0 Å². The van der Waals surface area contributed by atoms with Gasteiger partial charge in [-0.1, -0.05) is 0 Å². The Hall–Kier alpha value is -0.870. The molecule has 1 saturated heterocycles. The van der Waals surface area contributed by atoms with Gasteiger partial charge in [0.05, 0.1) is 19.1 Å². The third kappa shape index (κ3) is 2.75. The lowest BCUT2D eigenvalue weighted by Gasteiger charge is -2.24. The molecular weight excluding hydrogens is 246 g/mol. The first-order chi connectivity index (χ1) is 8.80. The molecule has 0 amide bonds. The van der Waals surface area contributed by atoms with Crippen molar-refractivity contribution in [2.45, 2.75) is 23.7 Å². The molecule has 0 aliphatic carbocycles. The molecule has 0 spiro atoms. The fourth-order valence-electron chi connectivity index (χ4n) is 2.49. The summed E-state index contributed by atoms with van der Waals surface area (Å²) in [4.78, 5) is 1.16. The van der Waals surface area contributed by atoms with Crippen molar-refractivity contribution in [2.75, 3.05) is 33.6 Å². The molecule has 1 N–H and O–H groups in total. The minimum Gasteiger partial charge on any atom is -0.493 e. The van der Waals surface area contributed by atoms with Crippen molar-refractivity contribution in [3.8, 4) is 11.5 Å². The average molecular weight is 267 g/mol. The molecule has 0 radical (unpaired) electrons. The lowest BCUT2D eigenvalue weighted by molar-refractivity contribution is 0.346. The van der Waals surface area contributed by atoms with Gasteiger partial charge in [0.1, 0.15) is 0 Å². The Labute approximate surface area is 113 Å². The summed E-state index contributed by atoms with van der Waals surface area (Å²) in [5.74, 6) is 2.33. The third-order valence-electron chi connectivity index (χ3n) is 3.50. The molecule has 1 aliphatic heterocycles. The van der Waals surface area contributed by atoms with E-state index in [9.17, 15) is 0 Å². The highest BCUT2D eigenvalue weighted by Crippen LogP contribution is 2.40. The van der Waals surface area contributed by atoms with Crippen LogP contribution in [0.3, 0.4) is 0 Å². The van der Waals surface area contributed by atoms with Crippen LogP contribution in [0.2, 0.25) is 0 Å². The van der Waals surface area contributed by atoms with Crippen molar-refractivity contribution in [1.82, 2.24) is 5.32 Å². The fourth-order valence-corrected chi connectivity index (χ4v) is 3.12. The second-order valence-electron chi connectivity index (χ2n) is 4.48. The number of piperidine rings is 1. The first-order valence-electron chi connectivity index (χ1n) is 6.30. The summed E-state index contributed by atoms with van der Waals surface area (Å²) in [7, 11) is 3.40. The van der Waals surface area contributed by atoms with Gasteiger partial charge in [0.25, 0.3) is 0 Å². The van der Waals surface area contributed by atoms with Crippen LogP contribution >= 0.6 is 11.8 Å². The normalized spacial score (nSPS) is 16.6. The summed E-state index contributed by atoms with van der Waals surface area (Å²) in [5.41, 5.74) is 1.37. The maximum absolute atomic E-state index is 5.46. The molecule has 0 saturated carbocycles. The van der Waals surface area contributed by atoms with E-state index in [1.165, 1.54) is 18.4 Å². The smallest absolute Gasteiger partial charge is 0.174 e. The minimum atomic E-state index is 0.636. The Bertz CT molecular complexity index is 378. The second-order valence-corrected chi connectivity index (χ2v) is 5.33. The maximum Gasteiger partial charge on any atom is 0.174 e. The zero-order valence-electron chi connectivity index (χ0n) is 11.3. The summed E-state index contributed by atoms with van der Waals surface area (Å²) in [6.45, 7) is 2.21. The summed E-state index contributed by atoms with van der Waals surface area (Å²) >= 11 is 1.71. The topological polar surface area (TPSA) is 30.5 Å². The lowest BCUT2D eigenvalue weighted by Crippen LogP contribution is -2.26. The number of thioether (sulfide) groups is 1. The Balaban J connectivity index is 2.35. The molecule has 100 valence electrons. The number of hydrogen-bond acceptors (Lipinski definition) is 4. The van der Waals surface area contributed by atoms with Gasteiger partial charge >= 0.3 is 0 Å². The summed E-state index contributed by atoms with van der Waals surface area (Å²) in [5, 5.41) is 3.40. The molecule has 1 fully saturated rings. The molecule has 0 bridgehead atoms. The third-order valence-corrected chi connectivity index (χ3v) is 4.24. The number of methoxy groups -OCH3 is 2. The van der Waals surface area contributed by atoms with Gasteiger partial charge in [0, 0.05) is 0 Å². The van der Waals surface area contributed by atoms with Crippen molar-refractivity contribution in [1.29, 1.82) is 0 Å². The number of benzene rings is 1. The van der Waals surface area contributed by atoms with Gasteiger partial charge in [0.2, 0.25) is 0 Å². The van der Waals surface area contributed by atoms with Gasteiger partial charge in [0.15, 0.2) is 11.5 Å². The van der Waals surface area contributed by atoms with E-state index < -0.39 is 0 Å². The lowest BCUT2D eigenvalue weighted by atomic mass is 9.90. The fraction of sp³-hybridized carbons (Fsp3) is 0.571. The average Bonchev–Trinajstić information content (AvgIpc) is 2.46. The van der Waals surface area contributed by atoms with Crippen LogP contribution in [0.1, 0.15) is 24.3 Å². The molecule has 1 aliphatic rings. The number of rotatable bonds is 4. The standard InChI is InChI=1S/C14H21NO2S/c1-16-12-8-11(10-4-6-15-7-5-10)9-13(18-3)14(12)17-2/h8-10,15H,4-7H2,1-3H3. The van der Waals surface area contributed by atoms with Crippen molar-refractivity contribution in [3.63, 3.8) is 0 Å². The van der Waals surface area contributed by atoms with Crippen LogP contribution < -0.4 is 14.8 Å². The largest absolute Gasteiger partial charge is 0.493 e. The van der Waals surface area contributed by atoms with E-state index in [4.69, 9.17) is 9.47 Å². The highest BCUT2D eigenvalue weighted by Gasteiger charge is 2.19. The van der Waals surface area contributed by atoms with Gasteiger partial charge in [-0.2, -0.15) is 0 Å². The van der Waals surface area contributed by atoms with Crippen molar-refractivity contribution in [3.05, 3.63) is 17.7 Å². The Kier molecular flexibility index (Phi) is 4.78. The summed E-state index contributed by atoms with van der Waals surface area (Å²) in [6.07, 6.45) is 4.47. The zero-order chi connectivity index (χ0) is 13.0. The molecule has 0 atom stereocenters. The molecule has 0 aromatic heterocycles. The molecule has 2 rings (SSSR count). The summed E-state index contributed by atoms with van der Waals surface area (Å²) < 4.78 is 10.9. The SMILES string of the molecule is COc1cc(C2CCNCC2)cc(SC)c1OC. The maximum atomic E-state index is 5.46. The van der Waals surface area contributed by atoms with Gasteiger partial charge in [-0.3, -0.25) is 0 Å².